The van der Waals surface area contributed by atoms with E-state index in [0.717, 1.165) is 12.1 Å². The molecule has 2 rings (SSSR count). The van der Waals surface area contributed by atoms with Gasteiger partial charge in [-0.25, -0.2) is 4.79 Å². The Morgan fingerprint density at radius 2 is 2.12 bits per heavy atom. The van der Waals surface area contributed by atoms with Crippen LogP contribution in [0.25, 0.3) is 0 Å². The molecule has 2 heterocycles. The van der Waals surface area contributed by atoms with E-state index in [9.17, 15) is 4.79 Å². The highest BCUT2D eigenvalue weighted by Gasteiger charge is 2.06. The van der Waals surface area contributed by atoms with Crippen LogP contribution in [-0.4, -0.2) is 18.9 Å². The molecular weight excluding hydrogens is 216 g/mol. The topological polar surface area (TPSA) is 44.8 Å². The van der Waals surface area contributed by atoms with Gasteiger partial charge in [-0.3, -0.25) is 9.25 Å². The maximum Gasteiger partial charge on any atom is 0.328 e. The molecule has 0 aromatic carbocycles. The quantitative estimate of drug-likeness (QED) is 0.802. The van der Waals surface area contributed by atoms with Crippen LogP contribution in [0.2, 0.25) is 0 Å². The predicted octanol–water partition coefficient (Wildman–Crippen LogP) is 1.40. The zero-order valence-electron chi connectivity index (χ0n) is 10.5. The van der Waals surface area contributed by atoms with E-state index in [2.05, 4.69) is 18.9 Å². The molecule has 0 saturated heterocycles. The summed E-state index contributed by atoms with van der Waals surface area (Å²) >= 11 is 0. The summed E-state index contributed by atoms with van der Waals surface area (Å²) < 4.78 is 5.16. The molecule has 0 saturated carbocycles. The highest BCUT2D eigenvalue weighted by molar-refractivity contribution is 5.01. The summed E-state index contributed by atoms with van der Waals surface area (Å²) in [6.07, 6.45) is 6.56. The summed E-state index contributed by atoms with van der Waals surface area (Å²) in [6.45, 7) is 4.79. The highest BCUT2D eigenvalue weighted by Crippen LogP contribution is 2.09. The van der Waals surface area contributed by atoms with E-state index in [1.807, 2.05) is 16.9 Å². The Bertz CT molecular complexity index is 549. The van der Waals surface area contributed by atoms with E-state index in [-0.39, 0.29) is 5.69 Å². The van der Waals surface area contributed by atoms with Gasteiger partial charge in [0.15, 0.2) is 0 Å². The Kier molecular flexibility index (Phi) is 3.17. The monoisotopic (exact) mass is 234 g/mol. The fourth-order valence-electron chi connectivity index (χ4n) is 1.70. The average molecular weight is 234 g/mol. The number of hydrogen-bond acceptors (Lipinski definition) is 2. The second kappa shape index (κ2) is 4.61. The summed E-state index contributed by atoms with van der Waals surface area (Å²) in [6, 6.07) is 2.36. The second-order valence-electron chi connectivity index (χ2n) is 4.36. The minimum Gasteiger partial charge on any atom is -0.302 e. The summed E-state index contributed by atoms with van der Waals surface area (Å²) in [4.78, 5) is 11.7. The first kappa shape index (κ1) is 11.7. The van der Waals surface area contributed by atoms with Gasteiger partial charge < -0.3 is 4.57 Å². The molecule has 0 aliphatic carbocycles. The zero-order valence-corrected chi connectivity index (χ0v) is 10.5. The molecule has 5 nitrogen and oxygen atoms in total. The van der Waals surface area contributed by atoms with Crippen molar-refractivity contribution in [2.75, 3.05) is 0 Å². The van der Waals surface area contributed by atoms with Gasteiger partial charge in [0, 0.05) is 31.7 Å². The van der Waals surface area contributed by atoms with Crippen LogP contribution in [0.4, 0.5) is 0 Å². The van der Waals surface area contributed by atoms with Crippen molar-refractivity contribution in [3.63, 3.8) is 0 Å². The summed E-state index contributed by atoms with van der Waals surface area (Å²) in [5.41, 5.74) is 0.904. The first-order valence-electron chi connectivity index (χ1n) is 5.87. The molecule has 0 N–H and O–H groups in total. The first-order chi connectivity index (χ1) is 8.11. The van der Waals surface area contributed by atoms with E-state index in [1.165, 1.54) is 0 Å². The molecule has 2 aromatic rings. The predicted molar refractivity (Wildman–Crippen MR) is 66.0 cm³/mol. The molecular formula is C12H18N4O. The fraction of sp³-hybridized carbons (Fsp3) is 0.500. The lowest BCUT2D eigenvalue weighted by Gasteiger charge is -2.08. The number of hydrogen-bond donors (Lipinski definition) is 0. The molecule has 0 spiro atoms. The third kappa shape index (κ3) is 2.33. The van der Waals surface area contributed by atoms with Crippen molar-refractivity contribution in [2.24, 2.45) is 7.05 Å². The molecule has 2 aromatic heterocycles. The normalized spacial score (nSPS) is 12.9. The molecule has 1 atom stereocenters. The first-order valence-corrected chi connectivity index (χ1v) is 5.87. The van der Waals surface area contributed by atoms with E-state index < -0.39 is 0 Å². The van der Waals surface area contributed by atoms with Crippen molar-refractivity contribution in [1.82, 2.24) is 18.9 Å². The van der Waals surface area contributed by atoms with Crippen LogP contribution in [0.1, 0.15) is 32.0 Å². The number of aryl methyl sites for hydroxylation is 1. The Morgan fingerprint density at radius 3 is 2.71 bits per heavy atom. The molecule has 17 heavy (non-hydrogen) atoms. The van der Waals surface area contributed by atoms with Crippen LogP contribution in [0.15, 0.2) is 29.5 Å². The summed E-state index contributed by atoms with van der Waals surface area (Å²) in [5.74, 6) is 0. The van der Waals surface area contributed by atoms with Gasteiger partial charge in [-0.1, -0.05) is 6.92 Å². The van der Waals surface area contributed by atoms with Gasteiger partial charge in [0.2, 0.25) is 0 Å². The van der Waals surface area contributed by atoms with Gasteiger partial charge in [0.25, 0.3) is 0 Å². The molecule has 1 unspecified atom stereocenters. The Morgan fingerprint density at radius 1 is 1.35 bits per heavy atom. The van der Waals surface area contributed by atoms with Gasteiger partial charge in [0.1, 0.15) is 0 Å². The third-order valence-corrected chi connectivity index (χ3v) is 3.06. The van der Waals surface area contributed by atoms with E-state index in [0.29, 0.717) is 12.6 Å². The van der Waals surface area contributed by atoms with Crippen molar-refractivity contribution >= 4 is 0 Å². The standard InChI is InChI=1S/C12H18N4O/c1-4-10(2)16-6-5-11(13-16)9-15-8-7-14(3)12(15)17/h5-8,10H,4,9H2,1-3H3. The van der Waals surface area contributed by atoms with Crippen molar-refractivity contribution in [3.05, 3.63) is 40.8 Å². The molecule has 0 bridgehead atoms. The minimum absolute atomic E-state index is 0.0110. The Hall–Kier alpha value is -1.78. The Labute approximate surface area is 100 Å². The maximum atomic E-state index is 11.7. The van der Waals surface area contributed by atoms with Crippen LogP contribution in [0.5, 0.6) is 0 Å². The van der Waals surface area contributed by atoms with E-state index in [4.69, 9.17) is 0 Å². The van der Waals surface area contributed by atoms with Crippen molar-refractivity contribution in [1.29, 1.82) is 0 Å². The van der Waals surface area contributed by atoms with Crippen LogP contribution >= 0.6 is 0 Å². The molecule has 0 fully saturated rings. The number of imidazole rings is 1. The largest absolute Gasteiger partial charge is 0.328 e. The number of nitrogens with zero attached hydrogens (tertiary/aromatic N) is 4. The zero-order chi connectivity index (χ0) is 12.4. The van der Waals surface area contributed by atoms with E-state index in [1.54, 1.807) is 28.6 Å². The lowest BCUT2D eigenvalue weighted by molar-refractivity contribution is 0.472. The van der Waals surface area contributed by atoms with Gasteiger partial charge in [-0.15, -0.1) is 0 Å². The van der Waals surface area contributed by atoms with Gasteiger partial charge in [0.05, 0.1) is 12.2 Å². The molecule has 0 aliphatic heterocycles. The Balaban J connectivity index is 2.17. The molecule has 0 radical (unpaired) electrons. The number of rotatable bonds is 4. The fourth-order valence-corrected chi connectivity index (χ4v) is 1.70. The maximum absolute atomic E-state index is 11.7. The second-order valence-corrected chi connectivity index (χ2v) is 4.36. The average Bonchev–Trinajstić information content (AvgIpc) is 2.91. The summed E-state index contributed by atoms with van der Waals surface area (Å²) in [7, 11) is 1.75. The van der Waals surface area contributed by atoms with E-state index >= 15 is 0 Å². The molecule has 0 aliphatic rings. The number of aromatic nitrogens is 4. The molecule has 92 valence electrons. The SMILES string of the molecule is CCC(C)n1ccc(Cn2ccn(C)c2=O)n1. The van der Waals surface area contributed by atoms with Crippen molar-refractivity contribution in [3.8, 4) is 0 Å². The van der Waals surface area contributed by atoms with Gasteiger partial charge >= 0.3 is 5.69 Å². The van der Waals surface area contributed by atoms with Gasteiger partial charge in [-0.05, 0) is 19.4 Å². The van der Waals surface area contributed by atoms with Gasteiger partial charge in [-0.2, -0.15) is 5.10 Å². The highest BCUT2D eigenvalue weighted by atomic mass is 16.1. The lowest BCUT2D eigenvalue weighted by atomic mass is 10.3. The smallest absolute Gasteiger partial charge is 0.302 e. The van der Waals surface area contributed by atoms with Crippen LogP contribution in [0, 0.1) is 0 Å². The lowest BCUT2D eigenvalue weighted by Crippen LogP contribution is -2.22. The van der Waals surface area contributed by atoms with Crippen LogP contribution < -0.4 is 5.69 Å². The van der Waals surface area contributed by atoms with Crippen LogP contribution in [-0.2, 0) is 13.6 Å². The van der Waals surface area contributed by atoms with Crippen molar-refractivity contribution in [2.45, 2.75) is 32.9 Å². The third-order valence-electron chi connectivity index (χ3n) is 3.06. The summed E-state index contributed by atoms with van der Waals surface area (Å²) in [5, 5.41) is 4.47. The van der Waals surface area contributed by atoms with Crippen molar-refractivity contribution < 1.29 is 0 Å². The minimum atomic E-state index is -0.0110. The van der Waals surface area contributed by atoms with Crippen LogP contribution in [0.3, 0.4) is 0 Å². The molecule has 5 heteroatoms. The molecule has 0 amide bonds.